The Balaban J connectivity index is 1.80. The van der Waals surface area contributed by atoms with Gasteiger partial charge in [-0.1, -0.05) is 24.3 Å². The number of aromatic nitrogens is 2. The summed E-state index contributed by atoms with van der Waals surface area (Å²) in [6.45, 7) is -0.427. The molecule has 0 radical (unpaired) electrons. The van der Waals surface area contributed by atoms with E-state index in [2.05, 4.69) is 4.98 Å². The molecule has 0 fully saturated rings. The lowest BCUT2D eigenvalue weighted by Gasteiger charge is -2.11. The Morgan fingerprint density at radius 1 is 1.19 bits per heavy atom. The van der Waals surface area contributed by atoms with Crippen LogP contribution in [-0.4, -0.2) is 15.5 Å². The minimum Gasteiger partial charge on any atom is -0.457 e. The van der Waals surface area contributed by atoms with E-state index in [-0.39, 0.29) is 36.8 Å². The number of nitrogens with zero attached hydrogens (tertiary/aromatic N) is 3. The first-order chi connectivity index (χ1) is 12.6. The minimum atomic E-state index is -0.539. The van der Waals surface area contributed by atoms with Gasteiger partial charge in [-0.2, -0.15) is 5.26 Å². The van der Waals surface area contributed by atoms with Gasteiger partial charge in [0.2, 0.25) is 0 Å². The second kappa shape index (κ2) is 7.57. The number of fused-ring (bicyclic) bond motifs is 1. The van der Waals surface area contributed by atoms with Crippen LogP contribution < -0.4 is 5.56 Å². The first-order valence-corrected chi connectivity index (χ1v) is 7.84. The molecule has 0 atom stereocenters. The smallest absolute Gasteiger partial charge is 0.310 e. The van der Waals surface area contributed by atoms with E-state index in [0.717, 1.165) is 0 Å². The van der Waals surface area contributed by atoms with Gasteiger partial charge >= 0.3 is 5.97 Å². The van der Waals surface area contributed by atoms with Gasteiger partial charge in [-0.3, -0.25) is 14.2 Å². The molecule has 3 rings (SSSR count). The standard InChI is InChI=1S/C19H14FN3O3/c20-14-7-5-13(6-8-14)11-18(24)26-12-17-22-16-4-2-1-3-15(16)19(25)23(17)10-9-21/h1-8H,10-12H2. The Morgan fingerprint density at radius 3 is 2.65 bits per heavy atom. The zero-order chi connectivity index (χ0) is 18.5. The number of benzene rings is 2. The lowest BCUT2D eigenvalue weighted by Crippen LogP contribution is -2.26. The molecule has 0 aliphatic heterocycles. The molecule has 0 aliphatic carbocycles. The molecule has 0 saturated heterocycles. The lowest BCUT2D eigenvalue weighted by atomic mass is 10.1. The molecule has 130 valence electrons. The molecule has 1 aromatic heterocycles. The van der Waals surface area contributed by atoms with Crippen molar-refractivity contribution < 1.29 is 13.9 Å². The summed E-state index contributed by atoms with van der Waals surface area (Å²) in [5.41, 5.74) is 0.718. The quantitative estimate of drug-likeness (QED) is 0.659. The number of rotatable bonds is 5. The fraction of sp³-hybridized carbons (Fsp3) is 0.158. The Labute approximate surface area is 148 Å². The highest BCUT2D eigenvalue weighted by Crippen LogP contribution is 2.10. The number of ether oxygens (including phenoxy) is 1. The molecule has 7 heteroatoms. The minimum absolute atomic E-state index is 0.0314. The van der Waals surface area contributed by atoms with Crippen molar-refractivity contribution in [1.29, 1.82) is 5.26 Å². The van der Waals surface area contributed by atoms with E-state index in [0.29, 0.717) is 16.5 Å². The maximum absolute atomic E-state index is 12.9. The van der Waals surface area contributed by atoms with Crippen molar-refractivity contribution >= 4 is 16.9 Å². The number of hydrogen-bond acceptors (Lipinski definition) is 5. The number of hydrogen-bond donors (Lipinski definition) is 0. The predicted octanol–water partition coefficient (Wildman–Crippen LogP) is 2.35. The monoisotopic (exact) mass is 351 g/mol. The summed E-state index contributed by atoms with van der Waals surface area (Å²) in [7, 11) is 0. The van der Waals surface area contributed by atoms with Gasteiger partial charge in [0.05, 0.1) is 23.4 Å². The van der Waals surface area contributed by atoms with E-state index in [1.54, 1.807) is 24.3 Å². The van der Waals surface area contributed by atoms with Crippen molar-refractivity contribution in [3.63, 3.8) is 0 Å². The highest BCUT2D eigenvalue weighted by molar-refractivity contribution is 5.77. The van der Waals surface area contributed by atoms with E-state index in [1.165, 1.54) is 28.8 Å². The van der Waals surface area contributed by atoms with E-state index in [9.17, 15) is 14.0 Å². The van der Waals surface area contributed by atoms with Crippen LogP contribution in [0.3, 0.4) is 0 Å². The van der Waals surface area contributed by atoms with E-state index in [4.69, 9.17) is 10.00 Å². The molecular formula is C19H14FN3O3. The van der Waals surface area contributed by atoms with Crippen LogP contribution in [-0.2, 0) is 29.1 Å². The van der Waals surface area contributed by atoms with Crippen molar-refractivity contribution in [3.8, 4) is 6.07 Å². The van der Waals surface area contributed by atoms with Crippen LogP contribution in [0.4, 0.5) is 4.39 Å². The van der Waals surface area contributed by atoms with E-state index in [1.807, 2.05) is 6.07 Å². The lowest BCUT2D eigenvalue weighted by molar-refractivity contribution is -0.144. The average Bonchev–Trinajstić information content (AvgIpc) is 2.64. The second-order valence-electron chi connectivity index (χ2n) is 5.56. The first kappa shape index (κ1) is 17.3. The number of carbonyl (C=O) groups is 1. The summed E-state index contributed by atoms with van der Waals surface area (Å²) < 4.78 is 19.3. The molecule has 2 aromatic carbocycles. The van der Waals surface area contributed by atoms with Gasteiger partial charge in [0.1, 0.15) is 19.0 Å². The molecule has 0 amide bonds. The molecule has 0 aliphatic rings. The third-order valence-corrected chi connectivity index (χ3v) is 3.79. The number of carbonyl (C=O) groups excluding carboxylic acids is 1. The van der Waals surface area contributed by atoms with Crippen LogP contribution in [0.25, 0.3) is 10.9 Å². The van der Waals surface area contributed by atoms with Crippen LogP contribution in [0.5, 0.6) is 0 Å². The van der Waals surface area contributed by atoms with Gasteiger partial charge in [-0.15, -0.1) is 0 Å². The number of halogens is 1. The molecule has 1 heterocycles. The van der Waals surface area contributed by atoms with Crippen LogP contribution in [0, 0.1) is 17.1 Å². The molecule has 0 N–H and O–H groups in total. The Hall–Kier alpha value is -3.53. The van der Waals surface area contributed by atoms with Crippen molar-refractivity contribution in [3.05, 3.63) is 76.1 Å². The highest BCUT2D eigenvalue weighted by atomic mass is 19.1. The van der Waals surface area contributed by atoms with Crippen LogP contribution in [0.15, 0.2) is 53.3 Å². The van der Waals surface area contributed by atoms with Gasteiger partial charge in [0.15, 0.2) is 5.82 Å². The maximum Gasteiger partial charge on any atom is 0.310 e. The zero-order valence-electron chi connectivity index (χ0n) is 13.7. The molecule has 0 spiro atoms. The third-order valence-electron chi connectivity index (χ3n) is 3.79. The number of para-hydroxylation sites is 1. The molecule has 0 bridgehead atoms. The third kappa shape index (κ3) is 3.75. The fourth-order valence-electron chi connectivity index (χ4n) is 2.52. The normalized spacial score (nSPS) is 10.5. The topological polar surface area (TPSA) is 85.0 Å². The van der Waals surface area contributed by atoms with Crippen molar-refractivity contribution in [2.45, 2.75) is 19.6 Å². The van der Waals surface area contributed by atoms with Gasteiger partial charge < -0.3 is 4.74 Å². The second-order valence-corrected chi connectivity index (χ2v) is 5.56. The van der Waals surface area contributed by atoms with Crippen molar-refractivity contribution in [2.75, 3.05) is 0 Å². The van der Waals surface area contributed by atoms with E-state index >= 15 is 0 Å². The Bertz CT molecular complexity index is 1050. The van der Waals surface area contributed by atoms with Crippen molar-refractivity contribution in [2.24, 2.45) is 0 Å². The van der Waals surface area contributed by atoms with Crippen LogP contribution in [0.2, 0.25) is 0 Å². The summed E-state index contributed by atoms with van der Waals surface area (Å²) in [5.74, 6) is -0.728. The summed E-state index contributed by atoms with van der Waals surface area (Å²) >= 11 is 0. The molecule has 0 saturated carbocycles. The summed E-state index contributed by atoms with van der Waals surface area (Å²) in [5, 5.41) is 9.35. The summed E-state index contributed by atoms with van der Waals surface area (Å²) in [6, 6.07) is 14.2. The summed E-state index contributed by atoms with van der Waals surface area (Å²) in [4.78, 5) is 28.8. The average molecular weight is 351 g/mol. The highest BCUT2D eigenvalue weighted by Gasteiger charge is 2.13. The molecular weight excluding hydrogens is 337 g/mol. The predicted molar refractivity (Wildman–Crippen MR) is 91.5 cm³/mol. The number of nitriles is 1. The zero-order valence-corrected chi connectivity index (χ0v) is 13.7. The van der Waals surface area contributed by atoms with Crippen LogP contribution >= 0.6 is 0 Å². The van der Waals surface area contributed by atoms with Gasteiger partial charge in [-0.25, -0.2) is 9.37 Å². The number of esters is 1. The largest absolute Gasteiger partial charge is 0.457 e. The Kier molecular flexibility index (Phi) is 5.04. The van der Waals surface area contributed by atoms with Gasteiger partial charge in [-0.05, 0) is 29.8 Å². The summed E-state index contributed by atoms with van der Waals surface area (Å²) in [6.07, 6.45) is -0.0314. The molecule has 0 unspecified atom stereocenters. The maximum atomic E-state index is 12.9. The molecule has 6 nitrogen and oxygen atoms in total. The molecule has 26 heavy (non-hydrogen) atoms. The van der Waals surface area contributed by atoms with Gasteiger partial charge in [0, 0.05) is 0 Å². The SMILES string of the molecule is N#CCn1c(COC(=O)Cc2ccc(F)cc2)nc2ccccc2c1=O. The van der Waals surface area contributed by atoms with E-state index < -0.39 is 5.97 Å². The first-order valence-electron chi connectivity index (χ1n) is 7.84. The molecule has 3 aromatic rings. The van der Waals surface area contributed by atoms with Crippen molar-refractivity contribution in [1.82, 2.24) is 9.55 Å². The van der Waals surface area contributed by atoms with Gasteiger partial charge in [0.25, 0.3) is 5.56 Å². The fourth-order valence-corrected chi connectivity index (χ4v) is 2.52. The van der Waals surface area contributed by atoms with Crippen LogP contribution in [0.1, 0.15) is 11.4 Å². The Morgan fingerprint density at radius 2 is 1.92 bits per heavy atom.